The minimum atomic E-state index is -0.903. The van der Waals surface area contributed by atoms with Crippen LogP contribution in [0.5, 0.6) is 0 Å². The Hall–Kier alpha value is -0.770. The lowest BCUT2D eigenvalue weighted by atomic mass is 10.1. The Bertz CT molecular complexity index is 336. The van der Waals surface area contributed by atoms with Crippen LogP contribution in [-0.2, 0) is 9.53 Å². The highest BCUT2D eigenvalue weighted by Crippen LogP contribution is 2.10. The predicted octanol–water partition coefficient (Wildman–Crippen LogP) is -1.17. The normalized spacial score (nSPS) is 16.0. The van der Waals surface area contributed by atoms with Gasteiger partial charge in [-0.15, -0.1) is 0 Å². The van der Waals surface area contributed by atoms with Crippen molar-refractivity contribution in [1.29, 1.82) is 0 Å². The summed E-state index contributed by atoms with van der Waals surface area (Å²) in [5, 5.41) is 36.9. The molecular weight excluding hydrogens is 316 g/mol. The van der Waals surface area contributed by atoms with Crippen LogP contribution in [-0.4, -0.2) is 88.0 Å². The highest BCUT2D eigenvalue weighted by Gasteiger charge is 2.22. The molecule has 0 aliphatic rings. The molecule has 3 atom stereocenters. The summed E-state index contributed by atoms with van der Waals surface area (Å²) < 4.78 is 5.22. The molecule has 0 bridgehead atoms. The van der Waals surface area contributed by atoms with Gasteiger partial charge in [0.25, 0.3) is 0 Å². The smallest absolute Gasteiger partial charge is 0.323 e. The minimum Gasteiger partial charge on any atom is -0.459 e. The summed E-state index contributed by atoms with van der Waals surface area (Å²) in [6.07, 6.45) is 0.0574. The highest BCUT2D eigenvalue weighted by molar-refractivity contribution is 5.75. The number of ether oxygens (including phenoxy) is 1. The zero-order chi connectivity index (χ0) is 18.8. The third-order valence-electron chi connectivity index (χ3n) is 3.31. The molecule has 0 fully saturated rings. The maximum atomic E-state index is 11.8. The second kappa shape index (κ2) is 11.7. The van der Waals surface area contributed by atoms with Crippen molar-refractivity contribution in [3.8, 4) is 0 Å². The standard InChI is InChI=1S/C16H34N2O6/c1-16(2,3)24-15(23)14(17)6-4-5-7-18(8-12(21)10-19)9-13(22)11-20/h12-14,19-22H,4-11,17H2,1-3H3. The van der Waals surface area contributed by atoms with Crippen LogP contribution >= 0.6 is 0 Å². The Morgan fingerprint density at radius 2 is 1.58 bits per heavy atom. The van der Waals surface area contributed by atoms with Gasteiger partial charge in [-0.1, -0.05) is 6.42 Å². The average Bonchev–Trinajstić information content (AvgIpc) is 2.48. The number of esters is 1. The van der Waals surface area contributed by atoms with Crippen LogP contribution in [0.1, 0.15) is 40.0 Å². The van der Waals surface area contributed by atoms with E-state index >= 15 is 0 Å². The van der Waals surface area contributed by atoms with Gasteiger partial charge >= 0.3 is 5.97 Å². The first-order valence-electron chi connectivity index (χ1n) is 8.37. The highest BCUT2D eigenvalue weighted by atomic mass is 16.6. The van der Waals surface area contributed by atoms with Gasteiger partial charge in [0, 0.05) is 13.1 Å². The first kappa shape index (κ1) is 23.2. The maximum absolute atomic E-state index is 11.8. The summed E-state index contributed by atoms with van der Waals surface area (Å²) in [5.74, 6) is -0.425. The van der Waals surface area contributed by atoms with Crippen LogP contribution in [0.2, 0.25) is 0 Å². The quantitative estimate of drug-likeness (QED) is 0.219. The molecule has 0 aromatic rings. The van der Waals surface area contributed by atoms with E-state index in [1.165, 1.54) is 0 Å². The molecule has 24 heavy (non-hydrogen) atoms. The van der Waals surface area contributed by atoms with Crippen molar-refractivity contribution in [3.63, 3.8) is 0 Å². The molecule has 8 heteroatoms. The van der Waals surface area contributed by atoms with E-state index in [0.717, 1.165) is 0 Å². The van der Waals surface area contributed by atoms with Crippen LogP contribution in [0.15, 0.2) is 0 Å². The monoisotopic (exact) mass is 350 g/mol. The van der Waals surface area contributed by atoms with Gasteiger partial charge in [0.2, 0.25) is 0 Å². The lowest BCUT2D eigenvalue weighted by molar-refractivity contribution is -0.156. The van der Waals surface area contributed by atoms with Crippen molar-refractivity contribution in [2.24, 2.45) is 5.73 Å². The number of carbonyl (C=O) groups excluding carboxylic acids is 1. The molecular formula is C16H34N2O6. The molecule has 0 rings (SSSR count). The van der Waals surface area contributed by atoms with Crippen molar-refractivity contribution < 1.29 is 30.0 Å². The molecule has 8 nitrogen and oxygen atoms in total. The Morgan fingerprint density at radius 1 is 1.08 bits per heavy atom. The maximum Gasteiger partial charge on any atom is 0.323 e. The van der Waals surface area contributed by atoms with Gasteiger partial charge in [-0.3, -0.25) is 9.69 Å². The lowest BCUT2D eigenvalue weighted by Gasteiger charge is -2.26. The van der Waals surface area contributed by atoms with Crippen LogP contribution in [0, 0.1) is 0 Å². The van der Waals surface area contributed by atoms with E-state index in [9.17, 15) is 15.0 Å². The molecule has 0 aromatic heterocycles. The van der Waals surface area contributed by atoms with Crippen molar-refractivity contribution in [2.45, 2.75) is 63.9 Å². The summed E-state index contributed by atoms with van der Waals surface area (Å²) in [7, 11) is 0. The number of hydrogen-bond acceptors (Lipinski definition) is 8. The van der Waals surface area contributed by atoms with Crippen molar-refractivity contribution in [1.82, 2.24) is 4.90 Å². The van der Waals surface area contributed by atoms with E-state index in [1.807, 2.05) is 0 Å². The molecule has 3 unspecified atom stereocenters. The predicted molar refractivity (Wildman–Crippen MR) is 90.3 cm³/mol. The molecule has 0 aliphatic carbocycles. The van der Waals surface area contributed by atoms with E-state index in [1.54, 1.807) is 25.7 Å². The fourth-order valence-corrected chi connectivity index (χ4v) is 2.16. The molecule has 144 valence electrons. The summed E-state index contributed by atoms with van der Waals surface area (Å²) >= 11 is 0. The third-order valence-corrected chi connectivity index (χ3v) is 3.31. The Balaban J connectivity index is 4.19. The summed E-state index contributed by atoms with van der Waals surface area (Å²) in [5.41, 5.74) is 5.25. The molecule has 0 aliphatic heterocycles. The summed E-state index contributed by atoms with van der Waals surface area (Å²) in [4.78, 5) is 13.5. The van der Waals surface area contributed by atoms with Crippen LogP contribution < -0.4 is 5.73 Å². The number of hydrogen-bond donors (Lipinski definition) is 5. The molecule has 0 aromatic carbocycles. The SMILES string of the molecule is CC(C)(C)OC(=O)C(N)CCCCN(CC(O)CO)CC(O)CO. The van der Waals surface area contributed by atoms with Crippen LogP contribution in [0.4, 0.5) is 0 Å². The number of nitrogens with two attached hydrogens (primary N) is 1. The van der Waals surface area contributed by atoms with Crippen LogP contribution in [0.3, 0.4) is 0 Å². The second-order valence-corrected chi connectivity index (χ2v) is 7.07. The topological polar surface area (TPSA) is 136 Å². The van der Waals surface area contributed by atoms with Crippen molar-refractivity contribution in [3.05, 3.63) is 0 Å². The number of nitrogens with zero attached hydrogens (tertiary/aromatic N) is 1. The number of carbonyl (C=O) groups is 1. The van der Waals surface area contributed by atoms with Crippen LogP contribution in [0.25, 0.3) is 0 Å². The summed E-state index contributed by atoms with van der Waals surface area (Å²) in [6.45, 7) is 5.58. The number of aliphatic hydroxyl groups excluding tert-OH is 4. The minimum absolute atomic E-state index is 0.200. The Kier molecular flexibility index (Phi) is 11.4. The van der Waals surface area contributed by atoms with Gasteiger partial charge in [0.05, 0.1) is 25.4 Å². The fraction of sp³-hybridized carbons (Fsp3) is 0.938. The molecule has 0 saturated carbocycles. The average molecular weight is 350 g/mol. The van der Waals surface area contributed by atoms with Crippen molar-refractivity contribution >= 4 is 5.97 Å². The van der Waals surface area contributed by atoms with Gasteiger partial charge in [0.15, 0.2) is 0 Å². The second-order valence-electron chi connectivity index (χ2n) is 7.07. The number of rotatable bonds is 12. The third kappa shape index (κ3) is 11.7. The summed E-state index contributed by atoms with van der Waals surface area (Å²) in [6, 6.07) is -0.677. The fourth-order valence-electron chi connectivity index (χ4n) is 2.16. The van der Waals surface area contributed by atoms with Gasteiger partial charge < -0.3 is 30.9 Å². The van der Waals surface area contributed by atoms with E-state index in [0.29, 0.717) is 25.8 Å². The molecule has 0 spiro atoms. The van der Waals surface area contributed by atoms with Gasteiger partial charge in [-0.2, -0.15) is 0 Å². The Morgan fingerprint density at radius 3 is 2.00 bits per heavy atom. The molecule has 6 N–H and O–H groups in total. The van der Waals surface area contributed by atoms with Gasteiger partial charge in [-0.05, 0) is 40.2 Å². The lowest BCUT2D eigenvalue weighted by Crippen LogP contribution is -2.41. The first-order chi connectivity index (χ1) is 11.1. The van der Waals surface area contributed by atoms with E-state index in [-0.39, 0.29) is 26.3 Å². The molecule has 0 heterocycles. The van der Waals surface area contributed by atoms with Gasteiger partial charge in [0.1, 0.15) is 11.6 Å². The first-order valence-corrected chi connectivity index (χ1v) is 8.37. The molecule has 0 amide bonds. The number of unbranched alkanes of at least 4 members (excludes halogenated alkanes) is 1. The van der Waals surface area contributed by atoms with E-state index < -0.39 is 29.8 Å². The number of aliphatic hydroxyl groups is 4. The zero-order valence-electron chi connectivity index (χ0n) is 15.0. The molecule has 0 radical (unpaired) electrons. The Labute approximate surface area is 144 Å². The van der Waals surface area contributed by atoms with Crippen molar-refractivity contribution in [2.75, 3.05) is 32.8 Å². The largest absolute Gasteiger partial charge is 0.459 e. The van der Waals surface area contributed by atoms with E-state index in [4.69, 9.17) is 20.7 Å². The van der Waals surface area contributed by atoms with E-state index in [2.05, 4.69) is 0 Å². The van der Waals surface area contributed by atoms with Gasteiger partial charge in [-0.25, -0.2) is 0 Å². The zero-order valence-corrected chi connectivity index (χ0v) is 15.0. The molecule has 0 saturated heterocycles.